The zero-order valence-corrected chi connectivity index (χ0v) is 9.47. The third kappa shape index (κ3) is 1.95. The quantitative estimate of drug-likeness (QED) is 0.478. The molecule has 2 nitrogen and oxygen atoms in total. The SMILES string of the molecule is O=Cc1c[nH]c2ccc(C#CCBr)cc12. The summed E-state index contributed by atoms with van der Waals surface area (Å²) in [4.78, 5) is 13.8. The molecule has 3 heteroatoms. The predicted octanol–water partition coefficient (Wildman–Crippen LogP) is 2.73. The molecule has 2 rings (SSSR count). The molecule has 0 bridgehead atoms. The number of carbonyl (C=O) groups is 1. The summed E-state index contributed by atoms with van der Waals surface area (Å²) < 4.78 is 0. The number of aromatic amines is 1. The lowest BCUT2D eigenvalue weighted by molar-refractivity contribution is 0.112. The molecule has 15 heavy (non-hydrogen) atoms. The first kappa shape index (κ1) is 10.0. The number of aldehydes is 1. The van der Waals surface area contributed by atoms with Crippen molar-refractivity contribution in [1.29, 1.82) is 0 Å². The van der Waals surface area contributed by atoms with Crippen LogP contribution in [0.4, 0.5) is 0 Å². The molecule has 0 atom stereocenters. The second-order valence-corrected chi connectivity index (χ2v) is 3.62. The van der Waals surface area contributed by atoms with Crippen molar-refractivity contribution in [2.24, 2.45) is 0 Å². The van der Waals surface area contributed by atoms with Crippen LogP contribution in [0.1, 0.15) is 15.9 Å². The van der Waals surface area contributed by atoms with Crippen LogP contribution >= 0.6 is 15.9 Å². The minimum atomic E-state index is 0.651. The number of alkyl halides is 1. The van der Waals surface area contributed by atoms with Crippen LogP contribution in [0.15, 0.2) is 24.4 Å². The standard InChI is InChI=1S/C12H8BrNO/c13-5-1-2-9-3-4-12-11(6-9)10(8-15)7-14-12/h3-4,6-8,14H,5H2. The van der Waals surface area contributed by atoms with Gasteiger partial charge in [-0.2, -0.15) is 0 Å². The number of hydrogen-bond donors (Lipinski definition) is 1. The Kier molecular flexibility index (Phi) is 2.89. The van der Waals surface area contributed by atoms with Gasteiger partial charge in [-0.1, -0.05) is 27.8 Å². The van der Waals surface area contributed by atoms with E-state index in [1.165, 1.54) is 0 Å². The molecule has 2 aromatic rings. The topological polar surface area (TPSA) is 32.9 Å². The Morgan fingerprint density at radius 3 is 3.07 bits per heavy atom. The van der Waals surface area contributed by atoms with Crippen molar-refractivity contribution in [1.82, 2.24) is 4.98 Å². The number of carbonyl (C=O) groups excluding carboxylic acids is 1. The fourth-order valence-corrected chi connectivity index (χ4v) is 1.59. The maximum absolute atomic E-state index is 10.7. The number of H-pyrrole nitrogens is 1. The molecule has 0 spiro atoms. The summed E-state index contributed by atoms with van der Waals surface area (Å²) in [6, 6.07) is 5.79. The normalized spacial score (nSPS) is 9.67. The van der Waals surface area contributed by atoms with Crippen LogP contribution in [0.25, 0.3) is 10.9 Å². The lowest BCUT2D eigenvalue weighted by atomic mass is 10.1. The number of rotatable bonds is 1. The minimum Gasteiger partial charge on any atom is -0.360 e. The van der Waals surface area contributed by atoms with E-state index in [0.29, 0.717) is 10.9 Å². The molecule has 1 heterocycles. The van der Waals surface area contributed by atoms with Crippen LogP contribution in [-0.2, 0) is 0 Å². The number of fused-ring (bicyclic) bond motifs is 1. The van der Waals surface area contributed by atoms with Crippen LogP contribution in [0.2, 0.25) is 0 Å². The first-order valence-electron chi connectivity index (χ1n) is 4.46. The highest BCUT2D eigenvalue weighted by atomic mass is 79.9. The molecular formula is C12H8BrNO. The molecule has 1 N–H and O–H groups in total. The van der Waals surface area contributed by atoms with E-state index >= 15 is 0 Å². The van der Waals surface area contributed by atoms with Gasteiger partial charge in [0.15, 0.2) is 6.29 Å². The Hall–Kier alpha value is -1.53. The summed E-state index contributed by atoms with van der Waals surface area (Å²) in [5.74, 6) is 5.93. The van der Waals surface area contributed by atoms with Crippen LogP contribution in [0.3, 0.4) is 0 Å². The highest BCUT2D eigenvalue weighted by molar-refractivity contribution is 9.09. The summed E-state index contributed by atoms with van der Waals surface area (Å²) in [6.07, 6.45) is 2.56. The largest absolute Gasteiger partial charge is 0.360 e. The van der Waals surface area contributed by atoms with E-state index in [9.17, 15) is 4.79 Å². The third-order valence-electron chi connectivity index (χ3n) is 2.14. The van der Waals surface area contributed by atoms with E-state index in [2.05, 4.69) is 32.8 Å². The van der Waals surface area contributed by atoms with Gasteiger partial charge < -0.3 is 4.98 Å². The zero-order valence-electron chi connectivity index (χ0n) is 7.88. The molecule has 0 unspecified atom stereocenters. The first-order chi connectivity index (χ1) is 7.35. The van der Waals surface area contributed by atoms with Gasteiger partial charge in [-0.3, -0.25) is 4.79 Å². The molecular weight excluding hydrogens is 254 g/mol. The van der Waals surface area contributed by atoms with Gasteiger partial charge in [-0.15, -0.1) is 0 Å². The minimum absolute atomic E-state index is 0.651. The summed E-state index contributed by atoms with van der Waals surface area (Å²) in [5.41, 5.74) is 2.55. The van der Waals surface area contributed by atoms with Gasteiger partial charge in [-0.05, 0) is 18.2 Å². The summed E-state index contributed by atoms with van der Waals surface area (Å²) in [5, 5.41) is 1.57. The highest BCUT2D eigenvalue weighted by Gasteiger charge is 2.02. The van der Waals surface area contributed by atoms with Crippen LogP contribution < -0.4 is 0 Å². The molecule has 1 aromatic carbocycles. The van der Waals surface area contributed by atoms with E-state index in [1.54, 1.807) is 6.20 Å². The van der Waals surface area contributed by atoms with Gasteiger partial charge >= 0.3 is 0 Å². The summed E-state index contributed by atoms with van der Waals surface area (Å²) >= 11 is 3.24. The van der Waals surface area contributed by atoms with Crippen molar-refractivity contribution in [2.75, 3.05) is 5.33 Å². The third-order valence-corrected chi connectivity index (χ3v) is 2.42. The number of benzene rings is 1. The Morgan fingerprint density at radius 2 is 2.33 bits per heavy atom. The molecule has 0 amide bonds. The average molecular weight is 262 g/mol. The molecule has 0 aliphatic rings. The fraction of sp³-hybridized carbons (Fsp3) is 0.0833. The van der Waals surface area contributed by atoms with Crippen molar-refractivity contribution in [3.05, 3.63) is 35.5 Å². The van der Waals surface area contributed by atoms with Crippen molar-refractivity contribution < 1.29 is 4.79 Å². The Bertz CT molecular complexity index is 560. The van der Waals surface area contributed by atoms with Crippen LogP contribution in [-0.4, -0.2) is 16.6 Å². The van der Waals surface area contributed by atoms with E-state index in [0.717, 1.165) is 22.8 Å². The number of halogens is 1. The predicted molar refractivity (Wildman–Crippen MR) is 64.4 cm³/mol. The Morgan fingerprint density at radius 1 is 1.47 bits per heavy atom. The van der Waals surface area contributed by atoms with E-state index in [1.807, 2.05) is 18.2 Å². The monoisotopic (exact) mass is 261 g/mol. The van der Waals surface area contributed by atoms with Crippen molar-refractivity contribution in [3.63, 3.8) is 0 Å². The molecule has 0 radical (unpaired) electrons. The molecule has 0 aliphatic carbocycles. The van der Waals surface area contributed by atoms with E-state index < -0.39 is 0 Å². The lowest BCUT2D eigenvalue weighted by Crippen LogP contribution is -1.78. The Balaban J connectivity index is 2.57. The molecule has 0 saturated carbocycles. The van der Waals surface area contributed by atoms with Gasteiger partial charge in [0.2, 0.25) is 0 Å². The molecule has 1 aromatic heterocycles. The fourth-order valence-electron chi connectivity index (χ4n) is 1.45. The summed E-state index contributed by atoms with van der Waals surface area (Å²) in [7, 11) is 0. The van der Waals surface area contributed by atoms with Gasteiger partial charge in [-0.25, -0.2) is 0 Å². The van der Waals surface area contributed by atoms with Crippen molar-refractivity contribution in [2.45, 2.75) is 0 Å². The van der Waals surface area contributed by atoms with E-state index in [-0.39, 0.29) is 0 Å². The second-order valence-electron chi connectivity index (χ2n) is 3.06. The first-order valence-corrected chi connectivity index (χ1v) is 5.58. The number of nitrogens with one attached hydrogen (secondary N) is 1. The zero-order chi connectivity index (χ0) is 10.7. The molecule has 74 valence electrons. The highest BCUT2D eigenvalue weighted by Crippen LogP contribution is 2.17. The molecule has 0 aliphatic heterocycles. The van der Waals surface area contributed by atoms with Crippen molar-refractivity contribution >= 4 is 33.1 Å². The van der Waals surface area contributed by atoms with Gasteiger partial charge in [0.1, 0.15) is 0 Å². The van der Waals surface area contributed by atoms with Gasteiger partial charge in [0, 0.05) is 28.2 Å². The van der Waals surface area contributed by atoms with Crippen LogP contribution in [0.5, 0.6) is 0 Å². The number of aromatic nitrogens is 1. The van der Waals surface area contributed by atoms with Gasteiger partial charge in [0.05, 0.1) is 5.33 Å². The van der Waals surface area contributed by atoms with E-state index in [4.69, 9.17) is 0 Å². The van der Waals surface area contributed by atoms with Gasteiger partial charge in [0.25, 0.3) is 0 Å². The molecule has 0 fully saturated rings. The second kappa shape index (κ2) is 4.33. The smallest absolute Gasteiger partial charge is 0.152 e. The Labute approximate surface area is 95.8 Å². The van der Waals surface area contributed by atoms with Crippen LogP contribution in [0, 0.1) is 11.8 Å². The lowest BCUT2D eigenvalue weighted by Gasteiger charge is -1.92. The molecule has 0 saturated heterocycles. The van der Waals surface area contributed by atoms with Crippen molar-refractivity contribution in [3.8, 4) is 11.8 Å². The average Bonchev–Trinajstić information content (AvgIpc) is 2.68. The number of hydrogen-bond acceptors (Lipinski definition) is 1. The maximum Gasteiger partial charge on any atom is 0.152 e. The maximum atomic E-state index is 10.7. The summed E-state index contributed by atoms with van der Waals surface area (Å²) in [6.45, 7) is 0.